The molecule has 1 fully saturated rings. The van der Waals surface area contributed by atoms with E-state index in [0.29, 0.717) is 12.3 Å². The fourth-order valence-electron chi connectivity index (χ4n) is 4.29. The van der Waals surface area contributed by atoms with Gasteiger partial charge in [-0.05, 0) is 50.1 Å². The highest BCUT2D eigenvalue weighted by molar-refractivity contribution is 6.31. The van der Waals surface area contributed by atoms with Crippen molar-refractivity contribution in [3.05, 3.63) is 52.5 Å². The molecule has 1 amide bonds. The Labute approximate surface area is 188 Å². The SMILES string of the molecule is Cc1c(Cl)cccc1N1CCN(CCCCOc2ccc3c(c2)NC(=O)CC3O)CC1. The number of fused-ring (bicyclic) bond motifs is 1. The van der Waals surface area contributed by atoms with Gasteiger partial charge in [0.05, 0.1) is 24.8 Å². The molecule has 2 aromatic carbocycles. The summed E-state index contributed by atoms with van der Waals surface area (Å²) in [4.78, 5) is 16.5. The smallest absolute Gasteiger partial charge is 0.227 e. The molecule has 1 atom stereocenters. The van der Waals surface area contributed by atoms with E-state index in [0.717, 1.165) is 67.5 Å². The average molecular weight is 444 g/mol. The molecule has 1 saturated heterocycles. The first-order chi connectivity index (χ1) is 15.0. The number of aliphatic hydroxyl groups is 1. The summed E-state index contributed by atoms with van der Waals surface area (Å²) in [5, 5.41) is 13.6. The van der Waals surface area contributed by atoms with Gasteiger partial charge in [-0.25, -0.2) is 0 Å². The highest BCUT2D eigenvalue weighted by atomic mass is 35.5. The molecule has 31 heavy (non-hydrogen) atoms. The summed E-state index contributed by atoms with van der Waals surface area (Å²) in [7, 11) is 0. The third kappa shape index (κ3) is 5.32. The van der Waals surface area contributed by atoms with E-state index in [1.165, 1.54) is 5.69 Å². The van der Waals surface area contributed by atoms with E-state index in [9.17, 15) is 9.90 Å². The Morgan fingerprint density at radius 3 is 2.77 bits per heavy atom. The van der Waals surface area contributed by atoms with Crippen LogP contribution in [0.25, 0.3) is 0 Å². The van der Waals surface area contributed by atoms with Crippen molar-refractivity contribution >= 4 is 28.9 Å². The highest BCUT2D eigenvalue weighted by Crippen LogP contribution is 2.33. The van der Waals surface area contributed by atoms with Gasteiger partial charge in [-0.15, -0.1) is 0 Å². The van der Waals surface area contributed by atoms with Gasteiger partial charge in [0, 0.05) is 48.5 Å². The number of nitrogens with zero attached hydrogens (tertiary/aromatic N) is 2. The van der Waals surface area contributed by atoms with Crippen molar-refractivity contribution in [1.29, 1.82) is 0 Å². The van der Waals surface area contributed by atoms with Crippen molar-refractivity contribution < 1.29 is 14.6 Å². The van der Waals surface area contributed by atoms with E-state index in [1.54, 1.807) is 6.07 Å². The molecule has 0 radical (unpaired) electrons. The van der Waals surface area contributed by atoms with E-state index in [-0.39, 0.29) is 12.3 Å². The lowest BCUT2D eigenvalue weighted by molar-refractivity contribution is -0.118. The van der Waals surface area contributed by atoms with Crippen molar-refractivity contribution in [1.82, 2.24) is 4.90 Å². The first-order valence-electron chi connectivity index (χ1n) is 11.0. The molecule has 2 aromatic rings. The fourth-order valence-corrected chi connectivity index (χ4v) is 4.46. The number of piperazine rings is 1. The summed E-state index contributed by atoms with van der Waals surface area (Å²) in [5.74, 6) is 0.557. The van der Waals surface area contributed by atoms with E-state index >= 15 is 0 Å². The van der Waals surface area contributed by atoms with Crippen LogP contribution in [-0.4, -0.2) is 55.2 Å². The van der Waals surface area contributed by atoms with Gasteiger partial charge in [0.15, 0.2) is 0 Å². The van der Waals surface area contributed by atoms with Crippen molar-refractivity contribution in [2.24, 2.45) is 0 Å². The molecule has 0 aromatic heterocycles. The van der Waals surface area contributed by atoms with Gasteiger partial charge in [0.1, 0.15) is 5.75 Å². The first kappa shape index (κ1) is 21.9. The molecule has 0 spiro atoms. The molecule has 7 heteroatoms. The Balaban J connectivity index is 1.17. The zero-order chi connectivity index (χ0) is 21.8. The number of halogens is 1. The Hall–Kier alpha value is -2.28. The number of aliphatic hydroxyl groups excluding tert-OH is 1. The lowest BCUT2D eigenvalue weighted by Gasteiger charge is -2.37. The van der Waals surface area contributed by atoms with Crippen LogP contribution in [0.4, 0.5) is 11.4 Å². The molecule has 0 bridgehead atoms. The number of ether oxygens (including phenoxy) is 1. The monoisotopic (exact) mass is 443 g/mol. The van der Waals surface area contributed by atoms with Crippen LogP contribution in [0.2, 0.25) is 5.02 Å². The Kier molecular flexibility index (Phi) is 7.00. The molecule has 0 aliphatic carbocycles. The van der Waals surface area contributed by atoms with Crippen molar-refractivity contribution in [3.63, 3.8) is 0 Å². The predicted molar refractivity (Wildman–Crippen MR) is 124 cm³/mol. The second-order valence-corrected chi connectivity index (χ2v) is 8.69. The molecule has 1 unspecified atom stereocenters. The predicted octanol–water partition coefficient (Wildman–Crippen LogP) is 4.01. The molecule has 2 heterocycles. The lowest BCUT2D eigenvalue weighted by Crippen LogP contribution is -2.46. The van der Waals surface area contributed by atoms with E-state index in [2.05, 4.69) is 28.1 Å². The Bertz CT molecular complexity index is 928. The minimum Gasteiger partial charge on any atom is -0.494 e. The van der Waals surface area contributed by atoms with Crippen LogP contribution in [0.15, 0.2) is 36.4 Å². The summed E-state index contributed by atoms with van der Waals surface area (Å²) in [6.45, 7) is 7.94. The molecule has 2 aliphatic rings. The van der Waals surface area contributed by atoms with Crippen LogP contribution in [0.1, 0.15) is 36.5 Å². The average Bonchev–Trinajstić information content (AvgIpc) is 2.75. The second-order valence-electron chi connectivity index (χ2n) is 8.29. The molecule has 0 saturated carbocycles. The minimum atomic E-state index is -0.735. The number of carbonyl (C=O) groups excluding carboxylic acids is 1. The van der Waals surface area contributed by atoms with Gasteiger partial charge in [-0.2, -0.15) is 0 Å². The molecule has 166 valence electrons. The number of unbranched alkanes of at least 4 members (excludes halogenated alkanes) is 1. The topological polar surface area (TPSA) is 65.0 Å². The standard InChI is InChI=1S/C24H30ClN3O3/c1-17-20(25)5-4-6-22(17)28-12-10-27(11-13-28)9-2-3-14-31-18-7-8-19-21(15-18)26-24(30)16-23(19)29/h4-8,15,23,29H,2-3,9-14,16H2,1H3,(H,26,30). The van der Waals surface area contributed by atoms with Crippen LogP contribution in [-0.2, 0) is 4.79 Å². The van der Waals surface area contributed by atoms with Crippen molar-refractivity contribution in [3.8, 4) is 5.75 Å². The Morgan fingerprint density at radius 2 is 1.97 bits per heavy atom. The first-order valence-corrected chi connectivity index (χ1v) is 11.4. The van der Waals surface area contributed by atoms with E-state index in [1.807, 2.05) is 24.3 Å². The minimum absolute atomic E-state index is 0.111. The largest absolute Gasteiger partial charge is 0.494 e. The van der Waals surface area contributed by atoms with Gasteiger partial charge in [0.2, 0.25) is 5.91 Å². The maximum Gasteiger partial charge on any atom is 0.227 e. The summed E-state index contributed by atoms with van der Waals surface area (Å²) < 4.78 is 5.86. The van der Waals surface area contributed by atoms with Crippen LogP contribution in [0, 0.1) is 6.92 Å². The van der Waals surface area contributed by atoms with E-state index < -0.39 is 6.10 Å². The van der Waals surface area contributed by atoms with Gasteiger partial charge in [-0.1, -0.05) is 23.7 Å². The van der Waals surface area contributed by atoms with Gasteiger partial charge in [0.25, 0.3) is 0 Å². The normalized spacial score (nSPS) is 19.1. The quantitative estimate of drug-likeness (QED) is 0.633. The molecule has 6 nitrogen and oxygen atoms in total. The van der Waals surface area contributed by atoms with Crippen molar-refractivity contribution in [2.75, 3.05) is 49.5 Å². The van der Waals surface area contributed by atoms with Crippen LogP contribution < -0.4 is 15.0 Å². The fraction of sp³-hybridized carbons (Fsp3) is 0.458. The number of amides is 1. The molecular formula is C24H30ClN3O3. The highest BCUT2D eigenvalue weighted by Gasteiger charge is 2.23. The lowest BCUT2D eigenvalue weighted by atomic mass is 10.00. The number of hydrogen-bond donors (Lipinski definition) is 2. The number of anilines is 2. The van der Waals surface area contributed by atoms with Crippen molar-refractivity contribution in [2.45, 2.75) is 32.3 Å². The van der Waals surface area contributed by atoms with Crippen LogP contribution in [0.3, 0.4) is 0 Å². The number of hydrogen-bond acceptors (Lipinski definition) is 5. The summed E-state index contributed by atoms with van der Waals surface area (Å²) in [6, 6.07) is 11.6. The zero-order valence-corrected chi connectivity index (χ0v) is 18.7. The zero-order valence-electron chi connectivity index (χ0n) is 17.9. The van der Waals surface area contributed by atoms with Crippen LogP contribution in [0.5, 0.6) is 5.75 Å². The molecular weight excluding hydrogens is 414 g/mol. The Morgan fingerprint density at radius 1 is 1.16 bits per heavy atom. The summed E-state index contributed by atoms with van der Waals surface area (Å²) in [5.41, 5.74) is 3.80. The third-order valence-electron chi connectivity index (χ3n) is 6.13. The maximum atomic E-state index is 11.6. The maximum absolute atomic E-state index is 11.6. The third-order valence-corrected chi connectivity index (χ3v) is 6.54. The summed E-state index contributed by atoms with van der Waals surface area (Å²) >= 11 is 6.27. The van der Waals surface area contributed by atoms with Gasteiger partial charge < -0.3 is 20.1 Å². The van der Waals surface area contributed by atoms with Gasteiger partial charge in [-0.3, -0.25) is 9.69 Å². The van der Waals surface area contributed by atoms with Crippen LogP contribution >= 0.6 is 11.6 Å². The number of rotatable bonds is 7. The van der Waals surface area contributed by atoms with Gasteiger partial charge >= 0.3 is 0 Å². The molecule has 2 N–H and O–H groups in total. The van der Waals surface area contributed by atoms with E-state index in [4.69, 9.17) is 16.3 Å². The number of nitrogens with one attached hydrogen (secondary N) is 1. The molecule has 4 rings (SSSR count). The summed E-state index contributed by atoms with van der Waals surface area (Å²) in [6.07, 6.45) is 1.43. The molecule has 2 aliphatic heterocycles. The number of benzene rings is 2. The second kappa shape index (κ2) is 9.90. The number of carbonyl (C=O) groups is 1.